The molecule has 0 saturated heterocycles. The molecule has 0 heterocycles. The van der Waals surface area contributed by atoms with E-state index >= 15 is 0 Å². The van der Waals surface area contributed by atoms with Crippen molar-refractivity contribution in [2.24, 2.45) is 0 Å². The number of hydrogen-bond donors (Lipinski definition) is 3. The number of benzene rings is 2. The molecule has 0 unspecified atom stereocenters. The maximum absolute atomic E-state index is 12.2. The maximum atomic E-state index is 12.2. The summed E-state index contributed by atoms with van der Waals surface area (Å²) < 4.78 is 36.4. The van der Waals surface area contributed by atoms with E-state index in [1.165, 1.54) is 25.3 Å². The number of rotatable bonds is 10. The zero-order chi connectivity index (χ0) is 24.4. The van der Waals surface area contributed by atoms with Gasteiger partial charge in [-0.2, -0.15) is 4.72 Å². The number of amides is 2. The van der Waals surface area contributed by atoms with Crippen molar-refractivity contribution in [3.05, 3.63) is 53.6 Å². The number of carbonyl (C=O) groups is 3. The Morgan fingerprint density at radius 1 is 1.09 bits per heavy atom. The van der Waals surface area contributed by atoms with Crippen molar-refractivity contribution >= 4 is 33.5 Å². The van der Waals surface area contributed by atoms with Crippen LogP contribution in [0, 0.1) is 19.3 Å². The smallest absolute Gasteiger partial charge is 0.338 e. The Kier molecular flexibility index (Phi) is 8.97. The molecule has 174 valence electrons. The van der Waals surface area contributed by atoms with Crippen LogP contribution in [0.15, 0.2) is 47.4 Å². The van der Waals surface area contributed by atoms with Gasteiger partial charge < -0.3 is 20.1 Å². The van der Waals surface area contributed by atoms with Crippen LogP contribution in [0.5, 0.6) is 5.75 Å². The van der Waals surface area contributed by atoms with E-state index in [1.54, 1.807) is 12.1 Å². The fourth-order valence-corrected chi connectivity index (χ4v) is 3.55. The highest BCUT2D eigenvalue weighted by atomic mass is 32.2. The number of esters is 1. The monoisotopic (exact) mass is 473 g/mol. The Bertz CT molecular complexity index is 1190. The molecule has 0 bridgehead atoms. The summed E-state index contributed by atoms with van der Waals surface area (Å²) in [6, 6.07) is 10.3. The van der Waals surface area contributed by atoms with Crippen molar-refractivity contribution in [1.29, 1.82) is 0 Å². The molecule has 0 spiro atoms. The Morgan fingerprint density at radius 2 is 1.85 bits per heavy atom. The van der Waals surface area contributed by atoms with Crippen molar-refractivity contribution in [3.63, 3.8) is 0 Å². The number of terminal acetylenes is 1. The van der Waals surface area contributed by atoms with E-state index in [-0.39, 0.29) is 23.5 Å². The number of anilines is 1. The number of hydrogen-bond acceptors (Lipinski definition) is 7. The molecule has 10 nitrogen and oxygen atoms in total. The lowest BCUT2D eigenvalue weighted by Gasteiger charge is -2.11. The third kappa shape index (κ3) is 7.64. The maximum Gasteiger partial charge on any atom is 0.338 e. The van der Waals surface area contributed by atoms with Gasteiger partial charge in [-0.25, -0.2) is 13.2 Å². The van der Waals surface area contributed by atoms with E-state index in [0.717, 1.165) is 11.6 Å². The van der Waals surface area contributed by atoms with E-state index < -0.39 is 34.4 Å². The fourth-order valence-electron chi connectivity index (χ4n) is 2.57. The van der Waals surface area contributed by atoms with Crippen LogP contribution >= 0.6 is 0 Å². The van der Waals surface area contributed by atoms with E-state index in [9.17, 15) is 22.8 Å². The van der Waals surface area contributed by atoms with Crippen molar-refractivity contribution in [2.75, 3.05) is 32.1 Å². The second kappa shape index (κ2) is 11.7. The summed E-state index contributed by atoms with van der Waals surface area (Å²) in [6.07, 6.45) is 5.04. The second-order valence-corrected chi connectivity index (χ2v) is 8.43. The van der Waals surface area contributed by atoms with E-state index in [4.69, 9.17) is 15.9 Å². The fraction of sp³-hybridized carbons (Fsp3) is 0.227. The number of nitrogens with one attached hydrogen (secondary N) is 3. The minimum atomic E-state index is -3.89. The summed E-state index contributed by atoms with van der Waals surface area (Å²) in [4.78, 5) is 36.0. The van der Waals surface area contributed by atoms with Crippen LogP contribution in [0.3, 0.4) is 0 Å². The summed E-state index contributed by atoms with van der Waals surface area (Å²) in [5, 5.41) is 4.95. The predicted octanol–water partition coefficient (Wildman–Crippen LogP) is 0.827. The third-order valence-corrected chi connectivity index (χ3v) is 5.55. The lowest BCUT2D eigenvalue weighted by molar-refractivity contribution is -0.126. The van der Waals surface area contributed by atoms with Gasteiger partial charge in [-0.15, -0.1) is 6.42 Å². The zero-order valence-corrected chi connectivity index (χ0v) is 18.8. The summed E-state index contributed by atoms with van der Waals surface area (Å²) >= 11 is 0. The number of aryl methyl sites for hydroxylation is 1. The highest BCUT2D eigenvalue weighted by Gasteiger charge is 2.17. The van der Waals surface area contributed by atoms with Gasteiger partial charge in [0.2, 0.25) is 15.9 Å². The first kappa shape index (κ1) is 25.4. The Hall–Kier alpha value is -3.88. The van der Waals surface area contributed by atoms with Gasteiger partial charge in [-0.1, -0.05) is 18.1 Å². The van der Waals surface area contributed by atoms with Gasteiger partial charge in [0.05, 0.1) is 36.3 Å². The van der Waals surface area contributed by atoms with E-state index in [2.05, 4.69) is 21.3 Å². The molecule has 11 heteroatoms. The highest BCUT2D eigenvalue weighted by Crippen LogP contribution is 2.24. The normalized spacial score (nSPS) is 10.6. The summed E-state index contributed by atoms with van der Waals surface area (Å²) in [7, 11) is -2.43. The SMILES string of the molecule is C#CCNS(=O)(=O)c1cccc(C(=O)OCC(=O)NCC(=O)Nc2cc(C)ccc2OC)c1. The molecule has 0 aliphatic carbocycles. The molecule has 0 radical (unpaired) electrons. The summed E-state index contributed by atoms with van der Waals surface area (Å²) in [5.41, 5.74) is 1.29. The highest BCUT2D eigenvalue weighted by molar-refractivity contribution is 7.89. The molecule has 0 aliphatic heterocycles. The van der Waals surface area contributed by atoms with Gasteiger partial charge in [0.25, 0.3) is 5.91 Å². The van der Waals surface area contributed by atoms with Gasteiger partial charge in [0, 0.05) is 0 Å². The number of sulfonamides is 1. The van der Waals surface area contributed by atoms with Gasteiger partial charge in [0.15, 0.2) is 6.61 Å². The minimum absolute atomic E-state index is 0.0735. The number of carbonyl (C=O) groups excluding carboxylic acids is 3. The van der Waals surface area contributed by atoms with Gasteiger partial charge in [-0.3, -0.25) is 9.59 Å². The minimum Gasteiger partial charge on any atom is -0.495 e. The molecule has 0 saturated carbocycles. The Labute approximate surface area is 191 Å². The average Bonchev–Trinajstić information content (AvgIpc) is 2.80. The van der Waals surface area contributed by atoms with Gasteiger partial charge in [-0.05, 0) is 42.8 Å². The molecule has 0 aromatic heterocycles. The van der Waals surface area contributed by atoms with Crippen molar-refractivity contribution in [1.82, 2.24) is 10.0 Å². The number of methoxy groups -OCH3 is 1. The predicted molar refractivity (Wildman–Crippen MR) is 120 cm³/mol. The van der Waals surface area contributed by atoms with Crippen LogP contribution < -0.4 is 20.1 Å². The first-order valence-electron chi connectivity index (χ1n) is 9.57. The topological polar surface area (TPSA) is 140 Å². The molecule has 2 aromatic rings. The van der Waals surface area contributed by atoms with Crippen LogP contribution in [-0.2, 0) is 24.3 Å². The van der Waals surface area contributed by atoms with E-state index in [1.807, 2.05) is 13.0 Å². The molecule has 0 atom stereocenters. The van der Waals surface area contributed by atoms with Crippen LogP contribution in [0.2, 0.25) is 0 Å². The van der Waals surface area contributed by atoms with Crippen LogP contribution in [0.1, 0.15) is 15.9 Å². The van der Waals surface area contributed by atoms with Crippen molar-refractivity contribution < 1.29 is 32.3 Å². The third-order valence-electron chi connectivity index (χ3n) is 4.15. The molecule has 2 amide bonds. The molecule has 33 heavy (non-hydrogen) atoms. The average molecular weight is 474 g/mol. The Morgan fingerprint density at radius 3 is 2.55 bits per heavy atom. The Balaban J connectivity index is 1.87. The van der Waals surface area contributed by atoms with Crippen LogP contribution in [0.4, 0.5) is 5.69 Å². The zero-order valence-electron chi connectivity index (χ0n) is 18.0. The second-order valence-electron chi connectivity index (χ2n) is 6.66. The van der Waals surface area contributed by atoms with Crippen LogP contribution in [0.25, 0.3) is 0 Å². The molecular formula is C22H23N3O7S. The van der Waals surface area contributed by atoms with Gasteiger partial charge >= 0.3 is 5.97 Å². The summed E-state index contributed by atoms with van der Waals surface area (Å²) in [5.74, 6) is 0.483. The van der Waals surface area contributed by atoms with Gasteiger partial charge in [0.1, 0.15) is 5.75 Å². The molecular weight excluding hydrogens is 450 g/mol. The molecule has 0 aliphatic rings. The molecule has 2 aromatic carbocycles. The first-order chi connectivity index (χ1) is 15.7. The largest absolute Gasteiger partial charge is 0.495 e. The lowest BCUT2D eigenvalue weighted by atomic mass is 10.2. The molecule has 3 N–H and O–H groups in total. The van der Waals surface area contributed by atoms with Crippen LogP contribution in [-0.4, -0.2) is 53.0 Å². The first-order valence-corrected chi connectivity index (χ1v) is 11.1. The molecule has 0 fully saturated rings. The van der Waals surface area contributed by atoms with E-state index in [0.29, 0.717) is 11.4 Å². The summed E-state index contributed by atoms with van der Waals surface area (Å²) in [6.45, 7) is 0.625. The van der Waals surface area contributed by atoms with Crippen molar-refractivity contribution in [3.8, 4) is 18.1 Å². The number of ether oxygens (including phenoxy) is 2. The van der Waals surface area contributed by atoms with Crippen molar-refractivity contribution in [2.45, 2.75) is 11.8 Å². The molecule has 2 rings (SSSR count). The lowest BCUT2D eigenvalue weighted by Crippen LogP contribution is -2.35. The standard InChI is InChI=1S/C22H23N3O7S/c1-4-10-24-33(29,30)17-7-5-6-16(12-17)22(28)32-14-21(27)23-13-20(26)25-18-11-15(2)8-9-19(18)31-3/h1,5-9,11-12,24H,10,13-14H2,2-3H3,(H,23,27)(H,25,26). The quantitative estimate of drug-likeness (QED) is 0.343.